The fraction of sp³-hybridized carbons (Fsp3) is 0.611. The minimum atomic E-state index is -0.397. The molecule has 0 saturated carbocycles. The number of hydrogen-bond donors (Lipinski definition) is 2. The molecule has 1 rings (SSSR count). The van der Waals surface area contributed by atoms with Crippen LogP contribution in [0, 0.1) is 10.1 Å². The number of hydrogen-bond acceptors (Lipinski definition) is 4. The summed E-state index contributed by atoms with van der Waals surface area (Å²) in [6, 6.07) is 6.48. The van der Waals surface area contributed by atoms with E-state index in [-0.39, 0.29) is 5.69 Å². The molecule has 0 fully saturated rings. The molecule has 1 aromatic carbocycles. The Bertz CT molecular complexity index is 518. The second-order valence-corrected chi connectivity index (χ2v) is 5.76. The first-order valence-electron chi connectivity index (χ1n) is 9.00. The summed E-state index contributed by atoms with van der Waals surface area (Å²) >= 11 is 0. The van der Waals surface area contributed by atoms with Gasteiger partial charge < -0.3 is 15.4 Å². The Balaban J connectivity index is 2.42. The van der Waals surface area contributed by atoms with Crippen molar-refractivity contribution in [2.24, 2.45) is 4.99 Å². The molecule has 2 N–H and O–H groups in total. The van der Waals surface area contributed by atoms with Gasteiger partial charge in [-0.3, -0.25) is 10.1 Å². The number of guanidine groups is 1. The van der Waals surface area contributed by atoms with Gasteiger partial charge in [-0.05, 0) is 24.8 Å². The van der Waals surface area contributed by atoms with Crippen LogP contribution in [0.2, 0.25) is 0 Å². The van der Waals surface area contributed by atoms with E-state index in [9.17, 15) is 10.1 Å². The Morgan fingerprint density at radius 1 is 1.08 bits per heavy atom. The predicted molar refractivity (Wildman–Crippen MR) is 101 cm³/mol. The largest absolute Gasteiger partial charge is 0.381 e. The zero-order valence-corrected chi connectivity index (χ0v) is 15.3. The van der Waals surface area contributed by atoms with Crippen LogP contribution in [-0.4, -0.2) is 37.2 Å². The van der Waals surface area contributed by atoms with E-state index in [1.54, 1.807) is 12.1 Å². The molecule has 0 unspecified atom stereocenters. The van der Waals surface area contributed by atoms with Crippen molar-refractivity contribution in [3.63, 3.8) is 0 Å². The lowest BCUT2D eigenvalue weighted by Crippen LogP contribution is -2.38. The molecule has 0 bridgehead atoms. The monoisotopic (exact) mass is 350 g/mol. The molecule has 0 saturated heterocycles. The zero-order chi connectivity index (χ0) is 18.3. The fourth-order valence-corrected chi connectivity index (χ4v) is 2.04. The minimum Gasteiger partial charge on any atom is -0.381 e. The van der Waals surface area contributed by atoms with Gasteiger partial charge in [-0.15, -0.1) is 0 Å². The summed E-state index contributed by atoms with van der Waals surface area (Å²) in [6.45, 7) is 7.94. The molecule has 0 amide bonds. The van der Waals surface area contributed by atoms with Gasteiger partial charge in [0.05, 0.1) is 11.5 Å². The Hall–Kier alpha value is -2.15. The van der Waals surface area contributed by atoms with E-state index >= 15 is 0 Å². The lowest BCUT2D eigenvalue weighted by atomic mass is 10.2. The molecule has 0 aliphatic heterocycles. The summed E-state index contributed by atoms with van der Waals surface area (Å²) in [5.74, 6) is 0.758. The number of unbranched alkanes of at least 4 members (excludes halogenated alkanes) is 1. The highest BCUT2D eigenvalue weighted by molar-refractivity contribution is 5.79. The van der Waals surface area contributed by atoms with Crippen molar-refractivity contribution in [3.8, 4) is 0 Å². The van der Waals surface area contributed by atoms with Crippen LogP contribution in [0.5, 0.6) is 0 Å². The van der Waals surface area contributed by atoms with Crippen molar-refractivity contribution < 1.29 is 9.66 Å². The van der Waals surface area contributed by atoms with E-state index in [0.717, 1.165) is 63.5 Å². The van der Waals surface area contributed by atoms with E-state index in [1.807, 2.05) is 0 Å². The molecule has 140 valence electrons. The maximum atomic E-state index is 10.7. The number of nitrogens with one attached hydrogen (secondary N) is 2. The lowest BCUT2D eigenvalue weighted by Gasteiger charge is -2.12. The van der Waals surface area contributed by atoms with E-state index in [0.29, 0.717) is 6.54 Å². The first-order chi connectivity index (χ1) is 12.2. The van der Waals surface area contributed by atoms with Crippen molar-refractivity contribution >= 4 is 11.6 Å². The molecule has 0 spiro atoms. The molecular weight excluding hydrogens is 320 g/mol. The third-order valence-corrected chi connectivity index (χ3v) is 3.51. The summed E-state index contributed by atoms with van der Waals surface area (Å²) in [7, 11) is 0. The summed E-state index contributed by atoms with van der Waals surface area (Å²) in [5, 5.41) is 17.2. The number of nitrogens with zero attached hydrogens (tertiary/aromatic N) is 2. The standard InChI is InChI=1S/C18H30N4O3/c1-3-5-13-25-14-6-12-20-18(19-11-4-2)21-15-16-7-9-17(10-8-16)22(23)24/h7-10H,3-6,11-15H2,1-2H3,(H2,19,20,21). The number of nitro groups is 1. The molecule has 7 heteroatoms. The van der Waals surface area contributed by atoms with E-state index in [1.165, 1.54) is 12.1 Å². The highest BCUT2D eigenvalue weighted by Gasteiger charge is 2.04. The molecule has 0 heterocycles. The third kappa shape index (κ3) is 9.66. The molecule has 0 atom stereocenters. The number of non-ortho nitro benzene ring substituents is 1. The third-order valence-electron chi connectivity index (χ3n) is 3.51. The Labute approximate surface area is 150 Å². The summed E-state index contributed by atoms with van der Waals surface area (Å²) in [5.41, 5.74) is 1.03. The number of rotatable bonds is 12. The normalized spacial score (nSPS) is 11.4. The zero-order valence-electron chi connectivity index (χ0n) is 15.3. The highest BCUT2D eigenvalue weighted by Crippen LogP contribution is 2.12. The molecule has 7 nitrogen and oxygen atoms in total. The van der Waals surface area contributed by atoms with Gasteiger partial charge in [0, 0.05) is 38.4 Å². The average molecular weight is 350 g/mol. The Kier molecular flexibility index (Phi) is 11.0. The van der Waals surface area contributed by atoms with Crippen LogP contribution in [0.3, 0.4) is 0 Å². The molecule has 0 aliphatic carbocycles. The van der Waals surface area contributed by atoms with Gasteiger partial charge in [-0.1, -0.05) is 32.4 Å². The molecule has 0 radical (unpaired) electrons. The number of aliphatic imine (C=N–C) groups is 1. The van der Waals surface area contributed by atoms with Crippen LogP contribution in [-0.2, 0) is 11.3 Å². The molecule has 0 aromatic heterocycles. The van der Waals surface area contributed by atoms with Crippen molar-refractivity contribution in [2.75, 3.05) is 26.3 Å². The van der Waals surface area contributed by atoms with Crippen LogP contribution >= 0.6 is 0 Å². The van der Waals surface area contributed by atoms with Crippen molar-refractivity contribution in [1.29, 1.82) is 0 Å². The first-order valence-corrected chi connectivity index (χ1v) is 9.00. The topological polar surface area (TPSA) is 88.8 Å². The smallest absolute Gasteiger partial charge is 0.269 e. The summed E-state index contributed by atoms with van der Waals surface area (Å²) in [4.78, 5) is 14.8. The maximum Gasteiger partial charge on any atom is 0.269 e. The van der Waals surface area contributed by atoms with E-state index < -0.39 is 4.92 Å². The Morgan fingerprint density at radius 2 is 1.76 bits per heavy atom. The van der Waals surface area contributed by atoms with Gasteiger partial charge in [0.1, 0.15) is 0 Å². The summed E-state index contributed by atoms with van der Waals surface area (Å²) < 4.78 is 5.54. The maximum absolute atomic E-state index is 10.7. The molecular formula is C18H30N4O3. The van der Waals surface area contributed by atoms with E-state index in [2.05, 4.69) is 29.5 Å². The van der Waals surface area contributed by atoms with Crippen molar-refractivity contribution in [2.45, 2.75) is 46.1 Å². The van der Waals surface area contributed by atoms with Gasteiger partial charge >= 0.3 is 0 Å². The molecule has 0 aliphatic rings. The molecule has 1 aromatic rings. The SMILES string of the molecule is CCCCOCCCNC(=NCc1ccc([N+](=O)[O-])cc1)NCCC. The van der Waals surface area contributed by atoms with Crippen LogP contribution in [0.1, 0.15) is 45.1 Å². The number of ether oxygens (including phenoxy) is 1. The van der Waals surface area contributed by atoms with Crippen molar-refractivity contribution in [1.82, 2.24) is 10.6 Å². The van der Waals surface area contributed by atoms with Gasteiger partial charge in [-0.2, -0.15) is 0 Å². The fourth-order valence-electron chi connectivity index (χ4n) is 2.04. The lowest BCUT2D eigenvalue weighted by molar-refractivity contribution is -0.384. The Morgan fingerprint density at radius 3 is 2.40 bits per heavy atom. The minimum absolute atomic E-state index is 0.0956. The summed E-state index contributed by atoms with van der Waals surface area (Å²) in [6.07, 6.45) is 4.19. The van der Waals surface area contributed by atoms with Crippen LogP contribution in [0.15, 0.2) is 29.3 Å². The van der Waals surface area contributed by atoms with Crippen LogP contribution in [0.4, 0.5) is 5.69 Å². The van der Waals surface area contributed by atoms with Gasteiger partial charge in [0.15, 0.2) is 5.96 Å². The quantitative estimate of drug-likeness (QED) is 0.199. The van der Waals surface area contributed by atoms with Gasteiger partial charge in [-0.25, -0.2) is 4.99 Å². The van der Waals surface area contributed by atoms with Crippen molar-refractivity contribution in [3.05, 3.63) is 39.9 Å². The number of benzene rings is 1. The average Bonchev–Trinajstić information content (AvgIpc) is 2.62. The second-order valence-electron chi connectivity index (χ2n) is 5.76. The second kappa shape index (κ2) is 13.2. The van der Waals surface area contributed by atoms with Gasteiger partial charge in [0.2, 0.25) is 0 Å². The molecule has 25 heavy (non-hydrogen) atoms. The van der Waals surface area contributed by atoms with Gasteiger partial charge in [0.25, 0.3) is 5.69 Å². The first kappa shape index (κ1) is 20.9. The predicted octanol–water partition coefficient (Wildman–Crippen LogP) is 3.25. The number of nitro benzene ring substituents is 1. The van der Waals surface area contributed by atoms with Crippen LogP contribution in [0.25, 0.3) is 0 Å². The highest BCUT2D eigenvalue weighted by atomic mass is 16.6. The van der Waals surface area contributed by atoms with Crippen LogP contribution < -0.4 is 10.6 Å². The van der Waals surface area contributed by atoms with E-state index in [4.69, 9.17) is 4.74 Å².